The summed E-state index contributed by atoms with van der Waals surface area (Å²) in [7, 11) is 3.43. The van der Waals surface area contributed by atoms with Gasteiger partial charge in [-0.2, -0.15) is 4.68 Å². The van der Waals surface area contributed by atoms with Crippen molar-refractivity contribution in [2.45, 2.75) is 26.8 Å². The lowest BCUT2D eigenvalue weighted by atomic mass is 10.2. The van der Waals surface area contributed by atoms with E-state index >= 15 is 0 Å². The van der Waals surface area contributed by atoms with Crippen molar-refractivity contribution in [1.82, 2.24) is 34.3 Å². The highest BCUT2D eigenvalue weighted by atomic mass is 32.1. The first-order valence-corrected chi connectivity index (χ1v) is 9.61. The zero-order valence-corrected chi connectivity index (χ0v) is 17.1. The highest BCUT2D eigenvalue weighted by Gasteiger charge is 2.21. The molecule has 0 unspecified atom stereocenters. The summed E-state index contributed by atoms with van der Waals surface area (Å²) in [6.45, 7) is 4.07. The van der Waals surface area contributed by atoms with E-state index in [-0.39, 0.29) is 11.7 Å². The molecule has 1 amide bonds. The van der Waals surface area contributed by atoms with Crippen LogP contribution in [0.25, 0.3) is 15.9 Å². The normalized spacial score (nSPS) is 11.4. The van der Waals surface area contributed by atoms with Crippen LogP contribution in [0.2, 0.25) is 0 Å². The number of carbonyl (C=O) groups is 1. The van der Waals surface area contributed by atoms with Gasteiger partial charge in [-0.1, -0.05) is 0 Å². The minimum atomic E-state index is -0.513. The van der Waals surface area contributed by atoms with Crippen molar-refractivity contribution in [3.8, 4) is 0 Å². The fourth-order valence-corrected chi connectivity index (χ4v) is 4.27. The molecular formula is C17H18N8O3S. The van der Waals surface area contributed by atoms with Crippen molar-refractivity contribution in [2.75, 3.05) is 14.1 Å². The SMILES string of the molecule is Cc1c(C(=O)N(C)C)sc2ncn3nc(CCn4nc([N+](=O)[O-])cc4C)nc3c12. The number of rotatable bonds is 5. The number of hydrogen-bond acceptors (Lipinski definition) is 8. The van der Waals surface area contributed by atoms with Gasteiger partial charge in [0.05, 0.1) is 33.7 Å². The van der Waals surface area contributed by atoms with Crippen LogP contribution < -0.4 is 0 Å². The molecule has 0 N–H and O–H groups in total. The van der Waals surface area contributed by atoms with Gasteiger partial charge in [0.2, 0.25) is 0 Å². The van der Waals surface area contributed by atoms with E-state index in [4.69, 9.17) is 0 Å². The molecule has 4 aromatic rings. The zero-order chi connectivity index (χ0) is 20.9. The highest BCUT2D eigenvalue weighted by molar-refractivity contribution is 7.20. The molecule has 11 nitrogen and oxygen atoms in total. The van der Waals surface area contributed by atoms with E-state index in [2.05, 4.69) is 20.2 Å². The van der Waals surface area contributed by atoms with Crippen LogP contribution >= 0.6 is 11.3 Å². The summed E-state index contributed by atoms with van der Waals surface area (Å²) in [5.41, 5.74) is 2.17. The summed E-state index contributed by atoms with van der Waals surface area (Å²) in [5, 5.41) is 20.1. The first kappa shape index (κ1) is 18.9. The van der Waals surface area contributed by atoms with Gasteiger partial charge in [-0.05, 0) is 24.3 Å². The maximum atomic E-state index is 12.4. The Balaban J connectivity index is 1.68. The second-order valence-corrected chi connectivity index (χ2v) is 7.85. The topological polar surface area (TPSA) is 124 Å². The van der Waals surface area contributed by atoms with Gasteiger partial charge < -0.3 is 15.0 Å². The Kier molecular flexibility index (Phi) is 4.49. The van der Waals surface area contributed by atoms with E-state index in [1.807, 2.05) is 6.92 Å². The predicted octanol–water partition coefficient (Wildman–Crippen LogP) is 2.01. The second kappa shape index (κ2) is 6.88. The van der Waals surface area contributed by atoms with E-state index in [1.165, 1.54) is 22.3 Å². The highest BCUT2D eigenvalue weighted by Crippen LogP contribution is 2.32. The summed E-state index contributed by atoms with van der Waals surface area (Å²) in [5.74, 6) is 0.324. The maximum Gasteiger partial charge on any atom is 0.390 e. The molecule has 0 atom stereocenters. The monoisotopic (exact) mass is 414 g/mol. The molecule has 29 heavy (non-hydrogen) atoms. The van der Waals surface area contributed by atoms with Gasteiger partial charge in [0.25, 0.3) is 5.91 Å². The second-order valence-electron chi connectivity index (χ2n) is 6.85. The molecule has 0 spiro atoms. The summed E-state index contributed by atoms with van der Waals surface area (Å²) in [6.07, 6.45) is 2.04. The molecule has 0 fully saturated rings. The standard InChI is InChI=1S/C17H18N8O3S/c1-9-7-12(25(27)28)21-23(9)6-5-11-19-15-13-10(2)14(17(26)22(3)4)29-16(13)18-8-24(15)20-11/h7-8H,5-6H2,1-4H3. The summed E-state index contributed by atoms with van der Waals surface area (Å²) >= 11 is 1.34. The molecule has 0 bridgehead atoms. The molecule has 0 aliphatic carbocycles. The lowest BCUT2D eigenvalue weighted by Crippen LogP contribution is -2.21. The zero-order valence-electron chi connectivity index (χ0n) is 16.3. The van der Waals surface area contributed by atoms with Crippen LogP contribution in [0, 0.1) is 24.0 Å². The lowest BCUT2D eigenvalue weighted by molar-refractivity contribution is -0.389. The number of amides is 1. The molecule has 0 saturated carbocycles. The van der Waals surface area contributed by atoms with Gasteiger partial charge in [0.15, 0.2) is 11.5 Å². The summed E-state index contributed by atoms with van der Waals surface area (Å²) in [6, 6.07) is 1.43. The van der Waals surface area contributed by atoms with Gasteiger partial charge >= 0.3 is 5.82 Å². The number of nitro groups is 1. The Bertz CT molecular complexity index is 1270. The number of thiophene rings is 1. The average molecular weight is 414 g/mol. The number of aromatic nitrogens is 6. The number of fused-ring (bicyclic) bond motifs is 3. The fraction of sp³-hybridized carbons (Fsp3) is 0.353. The first-order valence-electron chi connectivity index (χ1n) is 8.80. The van der Waals surface area contributed by atoms with Crippen molar-refractivity contribution in [3.63, 3.8) is 0 Å². The van der Waals surface area contributed by atoms with Crippen LogP contribution in [0.4, 0.5) is 5.82 Å². The summed E-state index contributed by atoms with van der Waals surface area (Å²) in [4.78, 5) is 34.7. The van der Waals surface area contributed by atoms with Gasteiger partial charge in [-0.25, -0.2) is 14.5 Å². The predicted molar refractivity (Wildman–Crippen MR) is 106 cm³/mol. The van der Waals surface area contributed by atoms with Gasteiger partial charge in [-0.15, -0.1) is 16.4 Å². The molecule has 150 valence electrons. The molecule has 0 saturated heterocycles. The quantitative estimate of drug-likeness (QED) is 0.361. The van der Waals surface area contributed by atoms with Crippen molar-refractivity contribution in [1.29, 1.82) is 0 Å². The maximum absolute atomic E-state index is 12.4. The Morgan fingerprint density at radius 3 is 2.72 bits per heavy atom. The third kappa shape index (κ3) is 3.20. The van der Waals surface area contributed by atoms with Crippen LogP contribution in [-0.2, 0) is 13.0 Å². The Morgan fingerprint density at radius 1 is 1.31 bits per heavy atom. The van der Waals surface area contributed by atoms with E-state index in [0.29, 0.717) is 35.0 Å². The van der Waals surface area contributed by atoms with E-state index in [0.717, 1.165) is 15.8 Å². The number of aryl methyl sites for hydroxylation is 4. The van der Waals surface area contributed by atoms with Crippen molar-refractivity contribution in [2.24, 2.45) is 0 Å². The molecule has 0 radical (unpaired) electrons. The van der Waals surface area contributed by atoms with E-state index in [9.17, 15) is 14.9 Å². The molecule has 0 aliphatic rings. The molecule has 4 heterocycles. The number of hydrogen-bond donors (Lipinski definition) is 0. The van der Waals surface area contributed by atoms with Gasteiger partial charge in [0.1, 0.15) is 11.2 Å². The minimum absolute atomic E-state index is 0.0702. The van der Waals surface area contributed by atoms with Crippen LogP contribution in [0.1, 0.15) is 26.8 Å². The van der Waals surface area contributed by atoms with Crippen LogP contribution in [0.15, 0.2) is 12.4 Å². The Morgan fingerprint density at radius 2 is 2.07 bits per heavy atom. The molecule has 0 aliphatic heterocycles. The smallest absolute Gasteiger partial charge is 0.358 e. The fourth-order valence-electron chi connectivity index (χ4n) is 3.11. The van der Waals surface area contributed by atoms with Gasteiger partial charge in [-0.3, -0.25) is 4.79 Å². The Labute approximate surface area is 168 Å². The largest absolute Gasteiger partial charge is 0.390 e. The molecule has 12 heteroatoms. The van der Waals surface area contributed by atoms with Crippen LogP contribution in [0.3, 0.4) is 0 Å². The van der Waals surface area contributed by atoms with Crippen molar-refractivity contribution < 1.29 is 9.72 Å². The van der Waals surface area contributed by atoms with E-state index < -0.39 is 4.92 Å². The molecular weight excluding hydrogens is 396 g/mol. The molecule has 0 aromatic carbocycles. The van der Waals surface area contributed by atoms with Gasteiger partial charge in [0, 0.05) is 20.5 Å². The summed E-state index contributed by atoms with van der Waals surface area (Å²) < 4.78 is 3.17. The van der Waals surface area contributed by atoms with Crippen LogP contribution in [-0.4, -0.2) is 59.2 Å². The van der Waals surface area contributed by atoms with Crippen molar-refractivity contribution in [3.05, 3.63) is 44.5 Å². The van der Waals surface area contributed by atoms with E-state index in [1.54, 1.807) is 36.5 Å². The number of carbonyl (C=O) groups excluding carboxylic acids is 1. The van der Waals surface area contributed by atoms with Crippen molar-refractivity contribution >= 4 is 38.9 Å². The Hall–Kier alpha value is -3.41. The minimum Gasteiger partial charge on any atom is -0.358 e. The molecule has 4 aromatic heterocycles. The van der Waals surface area contributed by atoms with Crippen LogP contribution in [0.5, 0.6) is 0 Å². The third-order valence-electron chi connectivity index (χ3n) is 4.61. The molecule has 4 rings (SSSR count). The number of nitrogens with zero attached hydrogens (tertiary/aromatic N) is 8. The lowest BCUT2D eigenvalue weighted by Gasteiger charge is -2.08. The average Bonchev–Trinajstić information content (AvgIpc) is 3.34. The third-order valence-corrected chi connectivity index (χ3v) is 5.80. The first-order chi connectivity index (χ1) is 13.8.